The molecule has 0 atom stereocenters. The van der Waals surface area contributed by atoms with Gasteiger partial charge in [-0.2, -0.15) is 16.7 Å². The van der Waals surface area contributed by atoms with E-state index in [0.717, 1.165) is 12.3 Å². The molecule has 2 rings (SSSR count). The monoisotopic (exact) mass is 288 g/mol. The van der Waals surface area contributed by atoms with Gasteiger partial charge in [-0.25, -0.2) is 4.98 Å². The molecule has 1 aromatic rings. The molecule has 0 amide bonds. The molecule has 1 saturated heterocycles. The van der Waals surface area contributed by atoms with Gasteiger partial charge < -0.3 is 4.90 Å². The predicted octanol–water partition coefficient (Wildman–Crippen LogP) is 2.37. The number of nitrogens with zero attached hydrogens (tertiary/aromatic N) is 4. The molecule has 0 aromatic carbocycles. The van der Waals surface area contributed by atoms with Crippen molar-refractivity contribution in [3.8, 4) is 0 Å². The molecule has 6 nitrogen and oxygen atoms in total. The van der Waals surface area contributed by atoms with Gasteiger partial charge in [-0.05, 0) is 25.4 Å². The Labute approximate surface area is 114 Å². The van der Waals surface area contributed by atoms with Crippen molar-refractivity contribution < 1.29 is 4.92 Å². The summed E-state index contributed by atoms with van der Waals surface area (Å²) in [5.74, 6) is 1.22. The van der Waals surface area contributed by atoms with Crippen LogP contribution < -0.4 is 4.90 Å². The summed E-state index contributed by atoms with van der Waals surface area (Å²) in [6, 6.07) is 0. The number of rotatable bonds is 2. The third-order valence-electron chi connectivity index (χ3n) is 2.64. The van der Waals surface area contributed by atoms with Crippen LogP contribution in [0.3, 0.4) is 0 Å². The third-order valence-corrected chi connectivity index (χ3v) is 4.12. The quantitative estimate of drug-likeness (QED) is 0.473. The Morgan fingerprint density at radius 3 is 2.94 bits per heavy atom. The molecule has 1 aromatic heterocycles. The molecule has 0 bridgehead atoms. The fraction of sp³-hybridized carbons (Fsp3) is 0.600. The van der Waals surface area contributed by atoms with E-state index in [-0.39, 0.29) is 15.7 Å². The molecule has 0 N–H and O–H groups in total. The summed E-state index contributed by atoms with van der Waals surface area (Å²) < 4.78 is 0.0452. The zero-order chi connectivity index (χ0) is 13.3. The highest BCUT2D eigenvalue weighted by Gasteiger charge is 2.31. The molecule has 1 aliphatic rings. The lowest BCUT2D eigenvalue weighted by Gasteiger charge is -2.37. The summed E-state index contributed by atoms with van der Waals surface area (Å²) in [4.78, 5) is 20.1. The number of hydrogen-bond acceptors (Lipinski definition) is 6. The number of hydrogen-bond donors (Lipinski definition) is 0. The number of anilines is 1. The van der Waals surface area contributed by atoms with E-state index in [0.29, 0.717) is 12.4 Å². The van der Waals surface area contributed by atoms with Crippen LogP contribution in [0.1, 0.15) is 13.8 Å². The van der Waals surface area contributed by atoms with Crippen LogP contribution in [0.2, 0.25) is 5.28 Å². The fourth-order valence-corrected chi connectivity index (χ4v) is 3.14. The Hall–Kier alpha value is -1.08. The van der Waals surface area contributed by atoms with E-state index >= 15 is 0 Å². The predicted molar refractivity (Wildman–Crippen MR) is 72.4 cm³/mol. The summed E-state index contributed by atoms with van der Waals surface area (Å²) in [7, 11) is 0. The van der Waals surface area contributed by atoms with E-state index in [4.69, 9.17) is 11.6 Å². The normalized spacial score (nSPS) is 18.7. The largest absolute Gasteiger partial charge is 0.349 e. The molecule has 1 fully saturated rings. The Morgan fingerprint density at radius 1 is 1.61 bits per heavy atom. The Kier molecular flexibility index (Phi) is 3.63. The second kappa shape index (κ2) is 4.89. The maximum Gasteiger partial charge on any atom is 0.329 e. The van der Waals surface area contributed by atoms with E-state index in [2.05, 4.69) is 23.8 Å². The standard InChI is InChI=1S/C10H13ClN4O2S/c1-10(2)6-14(3-4-18-10)8-7(15(16)17)5-12-9(11)13-8/h5H,3-4,6H2,1-2H3. The van der Waals surface area contributed by atoms with Gasteiger partial charge in [-0.3, -0.25) is 10.1 Å². The average Bonchev–Trinajstić information content (AvgIpc) is 2.27. The molecule has 8 heteroatoms. The summed E-state index contributed by atoms with van der Waals surface area (Å²) in [5.41, 5.74) is -0.0953. The minimum Gasteiger partial charge on any atom is -0.349 e. The van der Waals surface area contributed by atoms with Crippen molar-refractivity contribution in [2.75, 3.05) is 23.7 Å². The lowest BCUT2D eigenvalue weighted by molar-refractivity contribution is -0.384. The van der Waals surface area contributed by atoms with Crippen LogP contribution >= 0.6 is 23.4 Å². The number of halogens is 1. The van der Waals surface area contributed by atoms with Crippen molar-refractivity contribution in [2.45, 2.75) is 18.6 Å². The van der Waals surface area contributed by atoms with E-state index in [1.807, 2.05) is 16.7 Å². The van der Waals surface area contributed by atoms with E-state index in [9.17, 15) is 10.1 Å². The molecule has 18 heavy (non-hydrogen) atoms. The van der Waals surface area contributed by atoms with Gasteiger partial charge in [0.25, 0.3) is 0 Å². The highest BCUT2D eigenvalue weighted by atomic mass is 35.5. The molecule has 98 valence electrons. The summed E-state index contributed by atoms with van der Waals surface area (Å²) in [5, 5.41) is 11.0. The van der Waals surface area contributed by atoms with Crippen LogP contribution in [-0.2, 0) is 0 Å². The van der Waals surface area contributed by atoms with Crippen molar-refractivity contribution in [2.24, 2.45) is 0 Å². The highest BCUT2D eigenvalue weighted by Crippen LogP contribution is 2.34. The van der Waals surface area contributed by atoms with Crippen LogP contribution in [0.5, 0.6) is 0 Å². The van der Waals surface area contributed by atoms with Gasteiger partial charge in [0.1, 0.15) is 6.20 Å². The van der Waals surface area contributed by atoms with Gasteiger partial charge in [0.05, 0.1) is 4.92 Å². The number of nitro groups is 1. The summed E-state index contributed by atoms with van der Waals surface area (Å²) >= 11 is 7.58. The smallest absolute Gasteiger partial charge is 0.329 e. The summed E-state index contributed by atoms with van der Waals surface area (Å²) in [6.07, 6.45) is 1.17. The van der Waals surface area contributed by atoms with Gasteiger partial charge >= 0.3 is 5.69 Å². The Bertz CT molecular complexity index is 483. The van der Waals surface area contributed by atoms with Gasteiger partial charge in [0.2, 0.25) is 11.1 Å². The molecule has 0 spiro atoms. The average molecular weight is 289 g/mol. The first-order valence-corrected chi connectivity index (χ1v) is 6.81. The molecule has 1 aliphatic heterocycles. The van der Waals surface area contributed by atoms with E-state index < -0.39 is 4.92 Å². The van der Waals surface area contributed by atoms with Crippen LogP contribution in [0.4, 0.5) is 11.5 Å². The zero-order valence-corrected chi connectivity index (χ0v) is 11.7. The van der Waals surface area contributed by atoms with E-state index in [1.165, 1.54) is 6.20 Å². The van der Waals surface area contributed by atoms with Gasteiger partial charge in [-0.15, -0.1) is 0 Å². The van der Waals surface area contributed by atoms with Crippen molar-refractivity contribution in [3.05, 3.63) is 21.6 Å². The van der Waals surface area contributed by atoms with Crippen LogP contribution in [0.25, 0.3) is 0 Å². The molecule has 0 aliphatic carbocycles. The molecule has 0 radical (unpaired) electrons. The Morgan fingerprint density at radius 2 is 2.33 bits per heavy atom. The second-order valence-electron chi connectivity index (χ2n) is 4.63. The second-order valence-corrected chi connectivity index (χ2v) is 6.77. The van der Waals surface area contributed by atoms with Crippen molar-refractivity contribution >= 4 is 34.9 Å². The molecule has 0 unspecified atom stereocenters. The minimum absolute atomic E-state index is 0.0339. The zero-order valence-electron chi connectivity index (χ0n) is 10.1. The fourth-order valence-electron chi connectivity index (χ4n) is 1.90. The maximum absolute atomic E-state index is 11.0. The van der Waals surface area contributed by atoms with Gasteiger partial charge in [-0.1, -0.05) is 0 Å². The Balaban J connectivity index is 2.37. The van der Waals surface area contributed by atoms with Gasteiger partial charge in [0.15, 0.2) is 0 Å². The van der Waals surface area contributed by atoms with E-state index in [1.54, 1.807) is 0 Å². The first kappa shape index (κ1) is 13.4. The van der Waals surface area contributed by atoms with Crippen LogP contribution in [0, 0.1) is 10.1 Å². The highest BCUT2D eigenvalue weighted by molar-refractivity contribution is 8.00. The topological polar surface area (TPSA) is 72.2 Å². The van der Waals surface area contributed by atoms with Crippen molar-refractivity contribution in [3.63, 3.8) is 0 Å². The number of thioether (sulfide) groups is 1. The van der Waals surface area contributed by atoms with Crippen molar-refractivity contribution in [1.29, 1.82) is 0 Å². The van der Waals surface area contributed by atoms with Crippen molar-refractivity contribution in [1.82, 2.24) is 9.97 Å². The lowest BCUT2D eigenvalue weighted by atomic mass is 10.2. The van der Waals surface area contributed by atoms with Crippen LogP contribution in [0.15, 0.2) is 6.20 Å². The first-order chi connectivity index (χ1) is 8.39. The first-order valence-electron chi connectivity index (χ1n) is 5.45. The molecular formula is C10H13ClN4O2S. The van der Waals surface area contributed by atoms with Gasteiger partial charge in [0, 0.05) is 23.6 Å². The summed E-state index contributed by atoms with van der Waals surface area (Å²) in [6.45, 7) is 5.64. The molecule has 0 saturated carbocycles. The van der Waals surface area contributed by atoms with Crippen LogP contribution in [-0.4, -0.2) is 38.5 Å². The lowest BCUT2D eigenvalue weighted by Crippen LogP contribution is -2.43. The maximum atomic E-state index is 11.0. The minimum atomic E-state index is -0.472. The SMILES string of the molecule is CC1(C)CN(c2nc(Cl)ncc2[N+](=O)[O-])CCS1. The third kappa shape index (κ3) is 2.84. The molecule has 2 heterocycles. The number of aromatic nitrogens is 2. The molecular weight excluding hydrogens is 276 g/mol.